The Labute approximate surface area is 113 Å². The van der Waals surface area contributed by atoms with E-state index in [0.29, 0.717) is 29.1 Å². The second-order valence-electron chi connectivity index (χ2n) is 4.27. The molecule has 1 atom stereocenters. The predicted molar refractivity (Wildman–Crippen MR) is 76.2 cm³/mol. The summed E-state index contributed by atoms with van der Waals surface area (Å²) in [6.45, 7) is 2.73. The number of hydrogen-bond donors (Lipinski definition) is 1. The Kier molecular flexibility index (Phi) is 6.14. The summed E-state index contributed by atoms with van der Waals surface area (Å²) in [5.74, 6) is 0.370. The molecular weight excluding hydrogens is 270 g/mol. The van der Waals surface area contributed by atoms with Crippen LogP contribution in [0, 0.1) is 0 Å². The fourth-order valence-corrected chi connectivity index (χ4v) is 3.05. The van der Waals surface area contributed by atoms with E-state index in [9.17, 15) is 8.42 Å². The molecular formula is C12H19NO3S2. The lowest BCUT2D eigenvalue weighted by Crippen LogP contribution is -2.32. The molecule has 0 unspecified atom stereocenters. The molecule has 0 saturated heterocycles. The minimum Gasteiger partial charge on any atom is -0.303 e. The summed E-state index contributed by atoms with van der Waals surface area (Å²) >= 11 is 0. The SMILES string of the molecule is C[C@@H](Cc1ccccc1)N(C)CCSS(=O)(=O)O. The highest BCUT2D eigenvalue weighted by Crippen LogP contribution is 2.11. The van der Waals surface area contributed by atoms with Gasteiger partial charge in [0.1, 0.15) is 0 Å². The van der Waals surface area contributed by atoms with E-state index in [4.69, 9.17) is 4.55 Å². The quantitative estimate of drug-likeness (QED) is 0.615. The average molecular weight is 289 g/mol. The lowest BCUT2D eigenvalue weighted by molar-refractivity contribution is 0.272. The van der Waals surface area contributed by atoms with Crippen LogP contribution in [-0.2, 0) is 15.6 Å². The van der Waals surface area contributed by atoms with E-state index in [1.807, 2.05) is 25.2 Å². The van der Waals surface area contributed by atoms with E-state index in [-0.39, 0.29) is 0 Å². The average Bonchev–Trinajstić information content (AvgIpc) is 2.28. The van der Waals surface area contributed by atoms with Gasteiger partial charge in [0.15, 0.2) is 0 Å². The molecule has 1 aromatic rings. The summed E-state index contributed by atoms with van der Waals surface area (Å²) in [7, 11) is -1.39. The number of likely N-dealkylation sites (N-methyl/N-ethyl adjacent to an activating group) is 1. The molecule has 0 aliphatic carbocycles. The summed E-state index contributed by atoms with van der Waals surface area (Å²) in [6.07, 6.45) is 0.924. The van der Waals surface area contributed by atoms with Gasteiger partial charge in [0.2, 0.25) is 0 Å². The van der Waals surface area contributed by atoms with Crippen molar-refractivity contribution in [3.05, 3.63) is 35.9 Å². The van der Waals surface area contributed by atoms with Gasteiger partial charge in [-0.05, 0) is 36.7 Å². The number of nitrogens with zero attached hydrogens (tertiary/aromatic N) is 1. The highest BCUT2D eigenvalue weighted by molar-refractivity contribution is 8.69. The first kappa shape index (κ1) is 15.5. The molecule has 0 aliphatic heterocycles. The summed E-state index contributed by atoms with van der Waals surface area (Å²) in [4.78, 5) is 2.09. The van der Waals surface area contributed by atoms with Crippen molar-refractivity contribution in [1.29, 1.82) is 0 Å². The summed E-state index contributed by atoms with van der Waals surface area (Å²) < 4.78 is 29.8. The van der Waals surface area contributed by atoms with Crippen LogP contribution in [0.25, 0.3) is 0 Å². The number of benzene rings is 1. The molecule has 1 aromatic carbocycles. The van der Waals surface area contributed by atoms with Crippen LogP contribution >= 0.6 is 10.8 Å². The van der Waals surface area contributed by atoms with Gasteiger partial charge >= 0.3 is 9.15 Å². The van der Waals surface area contributed by atoms with Crippen molar-refractivity contribution in [2.24, 2.45) is 0 Å². The molecule has 0 aliphatic rings. The molecule has 102 valence electrons. The summed E-state index contributed by atoms with van der Waals surface area (Å²) in [6, 6.07) is 10.5. The second-order valence-corrected chi connectivity index (χ2v) is 7.74. The smallest absolute Gasteiger partial charge is 0.303 e. The zero-order valence-corrected chi connectivity index (χ0v) is 12.2. The molecule has 4 nitrogen and oxygen atoms in total. The highest BCUT2D eigenvalue weighted by Gasteiger charge is 2.11. The summed E-state index contributed by atoms with van der Waals surface area (Å²) in [5, 5.41) is 0. The van der Waals surface area contributed by atoms with Crippen LogP contribution in [0.5, 0.6) is 0 Å². The van der Waals surface area contributed by atoms with E-state index in [2.05, 4.69) is 24.0 Å². The lowest BCUT2D eigenvalue weighted by Gasteiger charge is -2.24. The molecule has 0 aromatic heterocycles. The van der Waals surface area contributed by atoms with Gasteiger partial charge in [0.05, 0.1) is 0 Å². The van der Waals surface area contributed by atoms with Crippen molar-refractivity contribution < 1.29 is 13.0 Å². The minimum atomic E-state index is -3.91. The van der Waals surface area contributed by atoms with Crippen LogP contribution in [0.4, 0.5) is 0 Å². The molecule has 0 spiro atoms. The Hall–Kier alpha value is -0.560. The van der Waals surface area contributed by atoms with Crippen LogP contribution in [0.1, 0.15) is 12.5 Å². The monoisotopic (exact) mass is 289 g/mol. The molecule has 0 radical (unpaired) electrons. The molecule has 0 heterocycles. The van der Waals surface area contributed by atoms with Crippen LogP contribution in [-0.4, -0.2) is 43.3 Å². The van der Waals surface area contributed by atoms with E-state index in [1.165, 1.54) is 5.56 Å². The third kappa shape index (κ3) is 6.39. The Morgan fingerprint density at radius 3 is 2.50 bits per heavy atom. The Balaban J connectivity index is 2.35. The first-order valence-corrected chi connectivity index (χ1v) is 8.69. The maximum absolute atomic E-state index is 10.6. The van der Waals surface area contributed by atoms with Crippen molar-refractivity contribution in [2.75, 3.05) is 19.3 Å². The molecule has 18 heavy (non-hydrogen) atoms. The van der Waals surface area contributed by atoms with Gasteiger partial charge in [-0.1, -0.05) is 30.3 Å². The van der Waals surface area contributed by atoms with Gasteiger partial charge in [-0.2, -0.15) is 8.42 Å². The normalized spacial score (nSPS) is 13.8. The topological polar surface area (TPSA) is 57.6 Å². The van der Waals surface area contributed by atoms with Gasteiger partial charge in [-0.3, -0.25) is 4.55 Å². The molecule has 0 saturated carbocycles. The molecule has 1 rings (SSSR count). The third-order valence-electron chi connectivity index (χ3n) is 2.80. The van der Waals surface area contributed by atoms with Crippen molar-refractivity contribution in [2.45, 2.75) is 19.4 Å². The Bertz CT molecular complexity index is 448. The van der Waals surface area contributed by atoms with Crippen LogP contribution in [0.15, 0.2) is 30.3 Å². The number of rotatable bonds is 7. The first-order chi connectivity index (χ1) is 8.38. The predicted octanol–water partition coefficient (Wildman–Crippen LogP) is 2.09. The second kappa shape index (κ2) is 7.13. The Morgan fingerprint density at radius 1 is 1.33 bits per heavy atom. The molecule has 1 N–H and O–H groups in total. The standard InChI is InChI=1S/C12H19NO3S2/c1-11(10-12-6-4-3-5-7-12)13(2)8-9-17-18(14,15)16/h3-7,11H,8-10H2,1-2H3,(H,14,15,16)/t11-/m0/s1. The highest BCUT2D eigenvalue weighted by atomic mass is 33.1. The van der Waals surface area contributed by atoms with E-state index >= 15 is 0 Å². The molecule has 0 bridgehead atoms. The van der Waals surface area contributed by atoms with E-state index in [0.717, 1.165) is 6.42 Å². The largest absolute Gasteiger partial charge is 0.319 e. The van der Waals surface area contributed by atoms with Gasteiger partial charge in [-0.25, -0.2) is 0 Å². The fourth-order valence-electron chi connectivity index (χ4n) is 1.62. The lowest BCUT2D eigenvalue weighted by atomic mass is 10.1. The zero-order valence-electron chi connectivity index (χ0n) is 10.6. The van der Waals surface area contributed by atoms with Gasteiger partial charge in [0.25, 0.3) is 0 Å². The van der Waals surface area contributed by atoms with Crippen LogP contribution < -0.4 is 0 Å². The maximum atomic E-state index is 10.6. The molecule has 6 heteroatoms. The van der Waals surface area contributed by atoms with E-state index in [1.54, 1.807) is 0 Å². The van der Waals surface area contributed by atoms with Crippen molar-refractivity contribution >= 4 is 19.9 Å². The first-order valence-electron chi connectivity index (χ1n) is 5.74. The molecule has 0 fully saturated rings. The number of hydrogen-bond acceptors (Lipinski definition) is 4. The minimum absolute atomic E-state index is 0.328. The van der Waals surface area contributed by atoms with Crippen molar-refractivity contribution in [1.82, 2.24) is 4.90 Å². The van der Waals surface area contributed by atoms with Gasteiger partial charge < -0.3 is 4.90 Å². The van der Waals surface area contributed by atoms with Crippen LogP contribution in [0.3, 0.4) is 0 Å². The Morgan fingerprint density at radius 2 is 1.94 bits per heavy atom. The maximum Gasteiger partial charge on any atom is 0.319 e. The van der Waals surface area contributed by atoms with Crippen molar-refractivity contribution in [3.8, 4) is 0 Å². The van der Waals surface area contributed by atoms with Gasteiger partial charge in [0, 0.05) is 18.3 Å². The van der Waals surface area contributed by atoms with Gasteiger partial charge in [-0.15, -0.1) is 0 Å². The summed E-state index contributed by atoms with van der Waals surface area (Å²) in [5.41, 5.74) is 1.26. The third-order valence-corrected chi connectivity index (χ3v) is 4.84. The van der Waals surface area contributed by atoms with Crippen LogP contribution in [0.2, 0.25) is 0 Å². The molecule has 0 amide bonds. The fraction of sp³-hybridized carbons (Fsp3) is 0.500. The van der Waals surface area contributed by atoms with Crippen molar-refractivity contribution in [3.63, 3.8) is 0 Å². The van der Waals surface area contributed by atoms with E-state index < -0.39 is 9.15 Å². The zero-order chi connectivity index (χ0) is 13.6.